The largest absolute Gasteiger partial charge is 0.317 e. The number of fused-ring (bicyclic) bond motifs is 2. The van der Waals surface area contributed by atoms with Gasteiger partial charge in [0, 0.05) is 29.6 Å². The Morgan fingerprint density at radius 3 is 2.46 bits per heavy atom. The van der Waals surface area contributed by atoms with Crippen LogP contribution in [-0.4, -0.2) is 42.0 Å². The molecule has 0 unspecified atom stereocenters. The summed E-state index contributed by atoms with van der Waals surface area (Å²) in [6, 6.07) is 15.2. The van der Waals surface area contributed by atoms with Gasteiger partial charge in [0.1, 0.15) is 10.0 Å². The van der Waals surface area contributed by atoms with Crippen molar-refractivity contribution in [3.63, 3.8) is 0 Å². The molecule has 1 aliphatic rings. The molecule has 6 nitrogen and oxygen atoms in total. The smallest absolute Gasteiger partial charge is 0.229 e. The van der Waals surface area contributed by atoms with Gasteiger partial charge in [-0.2, -0.15) is 0 Å². The maximum Gasteiger partial charge on any atom is 0.229 e. The highest BCUT2D eigenvalue weighted by Gasteiger charge is 2.28. The van der Waals surface area contributed by atoms with E-state index in [0.717, 1.165) is 50.9 Å². The molecular weight excluding hydrogens is 523 g/mol. The molecule has 0 saturated carbocycles. The third-order valence-corrected chi connectivity index (χ3v) is 11.2. The molecule has 0 atom stereocenters. The number of thiophene rings is 1. The molecule has 1 amide bonds. The Labute approximate surface area is 226 Å². The number of nitrogens with zero attached hydrogens (tertiary/aromatic N) is 2. The molecule has 9 heteroatoms. The molecule has 0 fully saturated rings. The van der Waals surface area contributed by atoms with Crippen LogP contribution >= 0.6 is 22.7 Å². The average Bonchev–Trinajstić information content (AvgIpc) is 3.44. The zero-order valence-corrected chi connectivity index (χ0v) is 23.9. The number of rotatable bonds is 7. The monoisotopic (exact) mass is 553 g/mol. The Morgan fingerprint density at radius 2 is 1.78 bits per heavy atom. The zero-order valence-electron chi connectivity index (χ0n) is 21.4. The molecule has 0 bridgehead atoms. The Bertz CT molecular complexity index is 1520. The molecule has 37 heavy (non-hydrogen) atoms. The van der Waals surface area contributed by atoms with Gasteiger partial charge in [-0.1, -0.05) is 24.3 Å². The second kappa shape index (κ2) is 10.3. The number of anilines is 1. The van der Waals surface area contributed by atoms with Crippen molar-refractivity contribution >= 4 is 53.6 Å². The molecule has 5 rings (SSSR count). The summed E-state index contributed by atoms with van der Waals surface area (Å²) in [7, 11) is -3.34. The fourth-order valence-electron chi connectivity index (χ4n) is 4.58. The molecule has 0 saturated heterocycles. The van der Waals surface area contributed by atoms with Crippen molar-refractivity contribution in [2.24, 2.45) is 0 Å². The lowest BCUT2D eigenvalue weighted by Crippen LogP contribution is -2.35. The predicted molar refractivity (Wildman–Crippen MR) is 153 cm³/mol. The van der Waals surface area contributed by atoms with E-state index in [1.54, 1.807) is 60.8 Å². The second-order valence-corrected chi connectivity index (χ2v) is 14.6. The van der Waals surface area contributed by atoms with E-state index in [1.807, 2.05) is 18.2 Å². The highest BCUT2D eigenvalue weighted by atomic mass is 32.2. The summed E-state index contributed by atoms with van der Waals surface area (Å²) in [6.45, 7) is 9.62. The van der Waals surface area contributed by atoms with Crippen molar-refractivity contribution in [1.29, 1.82) is 0 Å². The van der Waals surface area contributed by atoms with Gasteiger partial charge in [-0.05, 0) is 69.5 Å². The zero-order chi connectivity index (χ0) is 26.3. The van der Waals surface area contributed by atoms with Gasteiger partial charge in [-0.25, -0.2) is 13.4 Å². The van der Waals surface area contributed by atoms with Crippen molar-refractivity contribution in [2.75, 3.05) is 11.9 Å². The SMILES string of the molecule is CC(C)N1CCc2c(sc(NC(=O)Cc3ccc(S(=O)(=O)C(C)C)cc3)c2-c2nc3ccccc3s2)C1. The van der Waals surface area contributed by atoms with Crippen LogP contribution in [0.4, 0.5) is 5.00 Å². The summed E-state index contributed by atoms with van der Waals surface area (Å²) in [6.07, 6.45) is 1.10. The van der Waals surface area contributed by atoms with Crippen LogP contribution in [-0.2, 0) is 34.0 Å². The molecule has 194 valence electrons. The van der Waals surface area contributed by atoms with E-state index in [2.05, 4.69) is 30.1 Å². The Balaban J connectivity index is 1.43. The number of para-hydroxylation sites is 1. The summed E-state index contributed by atoms with van der Waals surface area (Å²) in [5.41, 5.74) is 4.08. The number of amides is 1. The predicted octanol–water partition coefficient (Wildman–Crippen LogP) is 6.15. The van der Waals surface area contributed by atoms with E-state index < -0.39 is 15.1 Å². The first-order valence-corrected chi connectivity index (χ1v) is 15.7. The number of carbonyl (C=O) groups is 1. The van der Waals surface area contributed by atoms with E-state index >= 15 is 0 Å². The van der Waals surface area contributed by atoms with Gasteiger partial charge in [-0.3, -0.25) is 9.69 Å². The standard InChI is InChI=1S/C28H31N3O3S3/c1-17(2)31-14-13-21-24(16-31)36-28(26(21)27-29-22-7-5-6-8-23(22)35-27)30-25(32)15-19-9-11-20(12-10-19)37(33,34)18(3)4/h5-12,17-18H,13-16H2,1-4H3,(H,30,32). The lowest BCUT2D eigenvalue weighted by molar-refractivity contribution is -0.115. The fourth-order valence-corrected chi connectivity index (χ4v) is 8.04. The first-order valence-electron chi connectivity index (χ1n) is 12.5. The average molecular weight is 554 g/mol. The normalized spacial score (nSPS) is 14.4. The summed E-state index contributed by atoms with van der Waals surface area (Å²) in [5.74, 6) is -0.124. The van der Waals surface area contributed by atoms with E-state index in [4.69, 9.17) is 4.98 Å². The number of sulfone groups is 1. The number of aromatic nitrogens is 1. The molecule has 3 heterocycles. The maximum absolute atomic E-state index is 13.2. The molecular formula is C28H31N3O3S3. The van der Waals surface area contributed by atoms with Crippen LogP contribution < -0.4 is 5.32 Å². The quantitative estimate of drug-likeness (QED) is 0.297. The lowest BCUT2D eigenvalue weighted by Gasteiger charge is -2.30. The molecule has 2 aromatic carbocycles. The number of thiazole rings is 1. The van der Waals surface area contributed by atoms with Crippen molar-refractivity contribution in [3.8, 4) is 10.6 Å². The Kier molecular flexibility index (Phi) is 7.24. The molecule has 2 aromatic heterocycles. The minimum absolute atomic E-state index is 0.124. The van der Waals surface area contributed by atoms with Crippen LogP contribution in [0.25, 0.3) is 20.8 Å². The molecule has 1 aliphatic heterocycles. The van der Waals surface area contributed by atoms with Crippen LogP contribution in [0.2, 0.25) is 0 Å². The number of nitrogens with one attached hydrogen (secondary N) is 1. The molecule has 0 aliphatic carbocycles. The van der Waals surface area contributed by atoms with Gasteiger partial charge in [0.15, 0.2) is 9.84 Å². The van der Waals surface area contributed by atoms with Crippen molar-refractivity contribution in [1.82, 2.24) is 9.88 Å². The van der Waals surface area contributed by atoms with Gasteiger partial charge in [0.25, 0.3) is 0 Å². The third kappa shape index (κ3) is 5.23. The third-order valence-electron chi connectivity index (χ3n) is 6.81. The molecule has 1 N–H and O–H groups in total. The first-order chi connectivity index (χ1) is 17.6. The number of hydrogen-bond donors (Lipinski definition) is 1. The summed E-state index contributed by atoms with van der Waals surface area (Å²) < 4.78 is 26.0. The van der Waals surface area contributed by atoms with Crippen molar-refractivity contribution in [3.05, 3.63) is 64.5 Å². The van der Waals surface area contributed by atoms with Crippen LogP contribution in [0.15, 0.2) is 53.4 Å². The summed E-state index contributed by atoms with van der Waals surface area (Å²) >= 11 is 3.31. The van der Waals surface area contributed by atoms with Gasteiger partial charge >= 0.3 is 0 Å². The molecule has 0 radical (unpaired) electrons. The summed E-state index contributed by atoms with van der Waals surface area (Å²) in [4.78, 5) is 22.1. The highest BCUT2D eigenvalue weighted by Crippen LogP contribution is 2.46. The van der Waals surface area contributed by atoms with Gasteiger partial charge in [0.2, 0.25) is 5.91 Å². The topological polar surface area (TPSA) is 79.4 Å². The van der Waals surface area contributed by atoms with E-state index in [0.29, 0.717) is 6.04 Å². The maximum atomic E-state index is 13.2. The van der Waals surface area contributed by atoms with Gasteiger partial charge in [-0.15, -0.1) is 22.7 Å². The van der Waals surface area contributed by atoms with Crippen LogP contribution in [0.3, 0.4) is 0 Å². The van der Waals surface area contributed by atoms with Crippen LogP contribution in [0, 0.1) is 0 Å². The number of benzene rings is 2. The fraction of sp³-hybridized carbons (Fsp3) is 0.357. The molecule has 4 aromatic rings. The molecule has 0 spiro atoms. The van der Waals surface area contributed by atoms with Crippen molar-refractivity contribution in [2.45, 2.75) is 63.3 Å². The first kappa shape index (κ1) is 26.0. The second-order valence-electron chi connectivity index (χ2n) is 9.97. The van der Waals surface area contributed by atoms with Crippen LogP contribution in [0.5, 0.6) is 0 Å². The minimum Gasteiger partial charge on any atom is -0.317 e. The minimum atomic E-state index is -3.34. The number of hydrogen-bond acceptors (Lipinski definition) is 7. The van der Waals surface area contributed by atoms with E-state index in [-0.39, 0.29) is 17.2 Å². The van der Waals surface area contributed by atoms with Crippen LogP contribution in [0.1, 0.15) is 43.7 Å². The van der Waals surface area contributed by atoms with Gasteiger partial charge < -0.3 is 5.32 Å². The highest BCUT2D eigenvalue weighted by molar-refractivity contribution is 7.92. The number of carbonyl (C=O) groups excluding carboxylic acids is 1. The van der Waals surface area contributed by atoms with Crippen molar-refractivity contribution < 1.29 is 13.2 Å². The van der Waals surface area contributed by atoms with E-state index in [9.17, 15) is 13.2 Å². The Hall–Kier alpha value is -2.59. The lowest BCUT2D eigenvalue weighted by atomic mass is 10.0. The van der Waals surface area contributed by atoms with E-state index in [1.165, 1.54) is 10.4 Å². The summed E-state index contributed by atoms with van der Waals surface area (Å²) in [5, 5.41) is 4.47. The van der Waals surface area contributed by atoms with Gasteiger partial charge in [0.05, 0.1) is 26.8 Å². The Morgan fingerprint density at radius 1 is 1.05 bits per heavy atom.